The van der Waals surface area contributed by atoms with E-state index in [-0.39, 0.29) is 0 Å². The largest absolute Gasteiger partial charge is 0.148 e. The minimum Gasteiger partial charge on any atom is -0.148 e. The van der Waals surface area contributed by atoms with Gasteiger partial charge in [-0.25, -0.2) is 0 Å². The van der Waals surface area contributed by atoms with Crippen LogP contribution in [0.3, 0.4) is 0 Å². The molecule has 0 amide bonds. The molecule has 1 aromatic heterocycles. The first kappa shape index (κ1) is 9.54. The molecule has 0 N–H and O–H groups in total. The molecule has 72 valence electrons. The first-order chi connectivity index (χ1) is 6.09. The van der Waals surface area contributed by atoms with Crippen LogP contribution in [0.15, 0.2) is 11.4 Å². The van der Waals surface area contributed by atoms with Crippen molar-refractivity contribution in [2.24, 2.45) is 11.3 Å². The van der Waals surface area contributed by atoms with Crippen molar-refractivity contribution < 1.29 is 0 Å². The molecule has 1 aromatic rings. The van der Waals surface area contributed by atoms with Crippen LogP contribution in [-0.2, 0) is 0 Å². The highest BCUT2D eigenvalue weighted by Crippen LogP contribution is 2.66. The van der Waals surface area contributed by atoms with Crippen molar-refractivity contribution in [3.63, 3.8) is 0 Å². The number of halogens is 1. The van der Waals surface area contributed by atoms with E-state index in [9.17, 15) is 0 Å². The topological polar surface area (TPSA) is 0 Å². The minimum absolute atomic E-state index is 0.428. The molecule has 13 heavy (non-hydrogen) atoms. The lowest BCUT2D eigenvalue weighted by molar-refractivity contribution is 0.578. The average molecular weight is 215 g/mol. The summed E-state index contributed by atoms with van der Waals surface area (Å²) in [4.78, 5) is 1.55. The van der Waals surface area contributed by atoms with Gasteiger partial charge in [0.15, 0.2) is 0 Å². The SMILES string of the molecule is Cc1ccsc1C1C(CCl)C1(C)C. The van der Waals surface area contributed by atoms with Crippen molar-refractivity contribution in [3.8, 4) is 0 Å². The summed E-state index contributed by atoms with van der Waals surface area (Å²) in [6.07, 6.45) is 0. The first-order valence-electron chi connectivity index (χ1n) is 4.69. The van der Waals surface area contributed by atoms with Crippen LogP contribution in [0.1, 0.15) is 30.2 Å². The second-order valence-electron chi connectivity index (χ2n) is 4.53. The Hall–Kier alpha value is -0.0100. The monoisotopic (exact) mass is 214 g/mol. The third-order valence-electron chi connectivity index (χ3n) is 3.40. The Balaban J connectivity index is 2.26. The van der Waals surface area contributed by atoms with Gasteiger partial charge >= 0.3 is 0 Å². The van der Waals surface area contributed by atoms with Crippen molar-refractivity contribution in [2.75, 3.05) is 5.88 Å². The molecule has 1 saturated carbocycles. The highest BCUT2D eigenvalue weighted by atomic mass is 35.5. The number of rotatable bonds is 2. The summed E-state index contributed by atoms with van der Waals surface area (Å²) >= 11 is 7.83. The quantitative estimate of drug-likeness (QED) is 0.652. The van der Waals surface area contributed by atoms with Gasteiger partial charge < -0.3 is 0 Å². The van der Waals surface area contributed by atoms with Crippen LogP contribution in [0.5, 0.6) is 0 Å². The highest BCUT2D eigenvalue weighted by Gasteiger charge is 2.58. The lowest BCUT2D eigenvalue weighted by atomic mass is 10.1. The molecule has 0 saturated heterocycles. The minimum atomic E-state index is 0.428. The molecule has 1 heterocycles. The molecule has 0 aliphatic heterocycles. The maximum absolute atomic E-state index is 5.95. The molecule has 0 radical (unpaired) electrons. The smallest absolute Gasteiger partial charge is 0.0263 e. The summed E-state index contributed by atoms with van der Waals surface area (Å²) in [5, 5.41) is 2.18. The van der Waals surface area contributed by atoms with Gasteiger partial charge in [-0.2, -0.15) is 0 Å². The van der Waals surface area contributed by atoms with E-state index in [1.807, 2.05) is 11.3 Å². The third-order valence-corrected chi connectivity index (χ3v) is 4.84. The van der Waals surface area contributed by atoms with E-state index >= 15 is 0 Å². The summed E-state index contributed by atoms with van der Waals surface area (Å²) in [5.74, 6) is 2.20. The molecule has 2 rings (SSSR count). The molecule has 1 aliphatic rings. The lowest BCUT2D eigenvalue weighted by Gasteiger charge is -2.00. The van der Waals surface area contributed by atoms with Gasteiger partial charge in [-0.05, 0) is 35.3 Å². The number of hydrogen-bond acceptors (Lipinski definition) is 1. The zero-order valence-corrected chi connectivity index (χ0v) is 9.88. The fourth-order valence-corrected chi connectivity index (χ4v) is 4.12. The van der Waals surface area contributed by atoms with E-state index < -0.39 is 0 Å². The van der Waals surface area contributed by atoms with Crippen LogP contribution < -0.4 is 0 Å². The van der Waals surface area contributed by atoms with Gasteiger partial charge in [-0.15, -0.1) is 22.9 Å². The molecule has 2 unspecified atom stereocenters. The van der Waals surface area contributed by atoms with E-state index in [4.69, 9.17) is 11.6 Å². The Kier molecular flexibility index (Phi) is 2.20. The Morgan fingerprint density at radius 3 is 2.62 bits per heavy atom. The summed E-state index contributed by atoms with van der Waals surface area (Å²) in [5.41, 5.74) is 1.87. The maximum atomic E-state index is 5.95. The fourth-order valence-electron chi connectivity index (χ4n) is 2.26. The standard InChI is InChI=1S/C11H15ClS/c1-7-4-5-13-10(7)9-8(6-12)11(9,2)3/h4-5,8-9H,6H2,1-3H3. The molecule has 2 atom stereocenters. The normalized spacial score (nSPS) is 30.5. The van der Waals surface area contributed by atoms with Gasteiger partial charge in [0.05, 0.1) is 0 Å². The maximum Gasteiger partial charge on any atom is 0.0263 e. The first-order valence-corrected chi connectivity index (χ1v) is 6.10. The second-order valence-corrected chi connectivity index (χ2v) is 5.78. The molecule has 0 aromatic carbocycles. The fraction of sp³-hybridized carbons (Fsp3) is 0.636. The Morgan fingerprint density at radius 1 is 1.54 bits per heavy atom. The van der Waals surface area contributed by atoms with Crippen LogP contribution in [0.4, 0.5) is 0 Å². The van der Waals surface area contributed by atoms with E-state index in [1.165, 1.54) is 5.56 Å². The number of thiophene rings is 1. The zero-order valence-electron chi connectivity index (χ0n) is 8.30. The van der Waals surface area contributed by atoms with E-state index in [2.05, 4.69) is 32.2 Å². The molecule has 1 aliphatic carbocycles. The Bertz CT molecular complexity index is 314. The van der Waals surface area contributed by atoms with Crippen LogP contribution in [-0.4, -0.2) is 5.88 Å². The molecular formula is C11H15ClS. The molecule has 0 spiro atoms. The van der Waals surface area contributed by atoms with Crippen molar-refractivity contribution in [2.45, 2.75) is 26.7 Å². The van der Waals surface area contributed by atoms with Crippen molar-refractivity contribution >= 4 is 22.9 Å². The molecular weight excluding hydrogens is 200 g/mol. The van der Waals surface area contributed by atoms with Gasteiger partial charge in [0.2, 0.25) is 0 Å². The van der Waals surface area contributed by atoms with Gasteiger partial charge in [-0.3, -0.25) is 0 Å². The molecule has 0 bridgehead atoms. The van der Waals surface area contributed by atoms with E-state index in [0.29, 0.717) is 17.3 Å². The molecule has 2 heteroatoms. The molecule has 1 fully saturated rings. The summed E-state index contributed by atoms with van der Waals surface area (Å²) < 4.78 is 0. The van der Waals surface area contributed by atoms with Gasteiger partial charge in [0, 0.05) is 16.7 Å². The van der Waals surface area contributed by atoms with Gasteiger partial charge in [0.25, 0.3) is 0 Å². The van der Waals surface area contributed by atoms with Crippen LogP contribution in [0, 0.1) is 18.3 Å². The van der Waals surface area contributed by atoms with Crippen molar-refractivity contribution in [1.29, 1.82) is 0 Å². The zero-order chi connectivity index (χ0) is 9.64. The van der Waals surface area contributed by atoms with Crippen molar-refractivity contribution in [3.05, 3.63) is 21.9 Å². The molecule has 0 nitrogen and oxygen atoms in total. The van der Waals surface area contributed by atoms with Gasteiger partial charge in [0.1, 0.15) is 0 Å². The van der Waals surface area contributed by atoms with Gasteiger partial charge in [-0.1, -0.05) is 13.8 Å². The predicted octanol–water partition coefficient (Wildman–Crippen LogP) is 4.03. The van der Waals surface area contributed by atoms with Crippen molar-refractivity contribution in [1.82, 2.24) is 0 Å². The number of hydrogen-bond donors (Lipinski definition) is 0. The number of alkyl halides is 1. The summed E-state index contributed by atoms with van der Waals surface area (Å²) in [6.45, 7) is 6.85. The Morgan fingerprint density at radius 2 is 2.23 bits per heavy atom. The third kappa shape index (κ3) is 1.33. The second kappa shape index (κ2) is 2.99. The van der Waals surface area contributed by atoms with Crippen LogP contribution >= 0.6 is 22.9 Å². The highest BCUT2D eigenvalue weighted by molar-refractivity contribution is 7.10. The summed E-state index contributed by atoms with van der Waals surface area (Å²) in [7, 11) is 0. The number of aryl methyl sites for hydroxylation is 1. The average Bonchev–Trinajstić information content (AvgIpc) is 2.41. The van der Waals surface area contributed by atoms with E-state index in [0.717, 1.165) is 5.88 Å². The van der Waals surface area contributed by atoms with Crippen LogP contribution in [0.2, 0.25) is 0 Å². The van der Waals surface area contributed by atoms with E-state index in [1.54, 1.807) is 4.88 Å². The Labute approximate surface area is 88.9 Å². The lowest BCUT2D eigenvalue weighted by Crippen LogP contribution is -1.90. The summed E-state index contributed by atoms with van der Waals surface area (Å²) in [6, 6.07) is 2.21. The van der Waals surface area contributed by atoms with Crippen LogP contribution in [0.25, 0.3) is 0 Å². The predicted molar refractivity (Wildman–Crippen MR) is 59.8 cm³/mol.